The van der Waals surface area contributed by atoms with E-state index in [4.69, 9.17) is 5.73 Å². The number of anilines is 2. The average molecular weight is 388 g/mol. The van der Waals surface area contributed by atoms with Crippen molar-refractivity contribution < 1.29 is 0 Å². The largest absolute Gasteiger partial charge is 0.399 e. The van der Waals surface area contributed by atoms with E-state index in [9.17, 15) is 4.79 Å². The normalized spacial score (nSPS) is 15.1. The van der Waals surface area contributed by atoms with Crippen molar-refractivity contribution in [3.8, 4) is 0 Å². The van der Waals surface area contributed by atoms with Crippen molar-refractivity contribution >= 4 is 28.3 Å². The van der Waals surface area contributed by atoms with Crippen LogP contribution in [0.15, 0.2) is 53.3 Å². The van der Waals surface area contributed by atoms with E-state index >= 15 is 0 Å². The maximum Gasteiger partial charge on any atom is 0.263 e. The third-order valence-corrected chi connectivity index (χ3v) is 5.68. The first-order chi connectivity index (χ1) is 14.2. The van der Waals surface area contributed by atoms with Gasteiger partial charge in [-0.05, 0) is 36.6 Å². The molecule has 0 unspecified atom stereocenters. The van der Waals surface area contributed by atoms with Crippen LogP contribution in [0.5, 0.6) is 0 Å². The van der Waals surface area contributed by atoms with Crippen molar-refractivity contribution in [3.05, 3.63) is 64.4 Å². The molecule has 0 spiro atoms. The number of fused-ring (bicyclic) bond motifs is 3. The molecule has 2 aromatic heterocycles. The molecule has 1 saturated heterocycles. The lowest BCUT2D eigenvalue weighted by atomic mass is 10.2. The van der Waals surface area contributed by atoms with Crippen LogP contribution in [-0.4, -0.2) is 32.3 Å². The molecule has 4 aromatic rings. The molecule has 0 atom stereocenters. The molecule has 2 aromatic carbocycles. The van der Waals surface area contributed by atoms with E-state index in [1.807, 2.05) is 46.9 Å². The highest BCUT2D eigenvalue weighted by molar-refractivity contribution is 5.84. The molecule has 0 amide bonds. The number of benzene rings is 2. The molecule has 7 heteroatoms. The van der Waals surface area contributed by atoms with Crippen LogP contribution in [0.25, 0.3) is 16.7 Å². The van der Waals surface area contributed by atoms with Crippen molar-refractivity contribution in [2.45, 2.75) is 32.2 Å². The highest BCUT2D eigenvalue weighted by Crippen LogP contribution is 2.24. The van der Waals surface area contributed by atoms with Gasteiger partial charge in [0.05, 0.1) is 17.4 Å². The summed E-state index contributed by atoms with van der Waals surface area (Å²) in [6.07, 6.45) is 4.76. The molecule has 0 aliphatic carbocycles. The highest BCUT2D eigenvalue weighted by atomic mass is 16.1. The molecule has 1 fully saturated rings. The van der Waals surface area contributed by atoms with E-state index < -0.39 is 0 Å². The number of nitrogens with two attached hydrogens (primary N) is 1. The fraction of sp³-hybridized carbons (Fsp3) is 0.318. The van der Waals surface area contributed by atoms with Crippen LogP contribution < -0.4 is 16.2 Å². The van der Waals surface area contributed by atoms with Gasteiger partial charge in [-0.25, -0.2) is 4.40 Å². The molecule has 0 radical (unpaired) electrons. The number of nitrogen functional groups attached to an aromatic ring is 1. The van der Waals surface area contributed by atoms with Gasteiger partial charge in [-0.2, -0.15) is 0 Å². The van der Waals surface area contributed by atoms with Gasteiger partial charge in [0.25, 0.3) is 5.56 Å². The molecule has 29 heavy (non-hydrogen) atoms. The van der Waals surface area contributed by atoms with E-state index in [0.29, 0.717) is 23.4 Å². The van der Waals surface area contributed by atoms with Crippen LogP contribution in [0.1, 0.15) is 31.2 Å². The van der Waals surface area contributed by atoms with Crippen LogP contribution >= 0.6 is 0 Å². The third-order valence-electron chi connectivity index (χ3n) is 5.68. The van der Waals surface area contributed by atoms with Gasteiger partial charge in [0, 0.05) is 18.8 Å². The minimum Gasteiger partial charge on any atom is -0.399 e. The Kier molecular flexibility index (Phi) is 4.42. The zero-order valence-corrected chi connectivity index (χ0v) is 16.3. The first-order valence-corrected chi connectivity index (χ1v) is 10.2. The summed E-state index contributed by atoms with van der Waals surface area (Å²) < 4.78 is 3.72. The Balaban J connectivity index is 1.77. The second-order valence-electron chi connectivity index (χ2n) is 7.69. The fourth-order valence-corrected chi connectivity index (χ4v) is 4.20. The Morgan fingerprint density at radius 2 is 1.69 bits per heavy atom. The van der Waals surface area contributed by atoms with E-state index in [1.54, 1.807) is 10.6 Å². The maximum atomic E-state index is 13.4. The van der Waals surface area contributed by atoms with Gasteiger partial charge < -0.3 is 10.6 Å². The molecule has 3 heterocycles. The first-order valence-electron chi connectivity index (χ1n) is 10.2. The summed E-state index contributed by atoms with van der Waals surface area (Å²) in [6.45, 7) is 2.34. The second kappa shape index (κ2) is 7.24. The summed E-state index contributed by atoms with van der Waals surface area (Å²) in [7, 11) is 0. The van der Waals surface area contributed by atoms with Crippen LogP contribution in [-0.2, 0) is 6.54 Å². The lowest BCUT2D eigenvalue weighted by molar-refractivity contribution is 0.726. The van der Waals surface area contributed by atoms with Gasteiger partial charge >= 0.3 is 0 Å². The molecular formula is C22H24N6O. The molecule has 1 aliphatic rings. The van der Waals surface area contributed by atoms with Crippen molar-refractivity contribution in [2.24, 2.45) is 0 Å². The van der Waals surface area contributed by atoms with Crippen molar-refractivity contribution in [3.63, 3.8) is 0 Å². The van der Waals surface area contributed by atoms with E-state index in [1.165, 1.54) is 12.8 Å². The third kappa shape index (κ3) is 3.12. The van der Waals surface area contributed by atoms with Crippen LogP contribution in [0.2, 0.25) is 0 Å². The summed E-state index contributed by atoms with van der Waals surface area (Å²) >= 11 is 0. The van der Waals surface area contributed by atoms with Crippen molar-refractivity contribution in [2.75, 3.05) is 23.7 Å². The number of rotatable bonds is 3. The maximum absolute atomic E-state index is 13.4. The Bertz CT molecular complexity index is 1220. The molecule has 148 valence electrons. The number of aromatic nitrogens is 4. The van der Waals surface area contributed by atoms with Crippen LogP contribution in [0.4, 0.5) is 11.6 Å². The zero-order chi connectivity index (χ0) is 19.8. The van der Waals surface area contributed by atoms with Crippen molar-refractivity contribution in [1.29, 1.82) is 0 Å². The van der Waals surface area contributed by atoms with Gasteiger partial charge in [0.15, 0.2) is 0 Å². The summed E-state index contributed by atoms with van der Waals surface area (Å²) in [6, 6.07) is 15.4. The number of hydrogen-bond acceptors (Lipinski definition) is 5. The van der Waals surface area contributed by atoms with Gasteiger partial charge in [-0.15, -0.1) is 10.2 Å². The van der Waals surface area contributed by atoms with Crippen LogP contribution in [0.3, 0.4) is 0 Å². The van der Waals surface area contributed by atoms with E-state index in [2.05, 4.69) is 15.1 Å². The quantitative estimate of drug-likeness (QED) is 0.546. The van der Waals surface area contributed by atoms with Gasteiger partial charge in [0.2, 0.25) is 11.7 Å². The SMILES string of the molecule is Nc1ccc2c(c1)c(=O)n(Cc1ccccc1)c1nnc(N3CCCCCC3)n21. The Morgan fingerprint density at radius 1 is 0.931 bits per heavy atom. The standard InChI is InChI=1S/C22H24N6O/c23-17-10-11-19-18(14-17)20(29)27(15-16-8-4-3-5-9-16)22-25-24-21(28(19)22)26-12-6-1-2-7-13-26/h3-5,8-11,14H,1-2,6-7,12-13,15,23H2. The lowest BCUT2D eigenvalue weighted by Crippen LogP contribution is -2.28. The van der Waals surface area contributed by atoms with E-state index in [0.717, 1.165) is 43.0 Å². The predicted octanol–water partition coefficient (Wildman–Crippen LogP) is 3.06. The lowest BCUT2D eigenvalue weighted by Gasteiger charge is -2.21. The fourth-order valence-electron chi connectivity index (χ4n) is 4.20. The van der Waals surface area contributed by atoms with Crippen molar-refractivity contribution in [1.82, 2.24) is 19.2 Å². The molecule has 5 rings (SSSR count). The molecule has 2 N–H and O–H groups in total. The second-order valence-corrected chi connectivity index (χ2v) is 7.69. The molecule has 0 saturated carbocycles. The Labute approximate surface area is 168 Å². The van der Waals surface area contributed by atoms with Crippen LogP contribution in [0, 0.1) is 0 Å². The zero-order valence-electron chi connectivity index (χ0n) is 16.3. The van der Waals surface area contributed by atoms with E-state index in [-0.39, 0.29) is 5.56 Å². The molecule has 7 nitrogen and oxygen atoms in total. The highest BCUT2D eigenvalue weighted by Gasteiger charge is 2.21. The summed E-state index contributed by atoms with van der Waals surface area (Å²) in [5, 5.41) is 9.57. The Hall–Kier alpha value is -3.35. The predicted molar refractivity (Wildman–Crippen MR) is 115 cm³/mol. The first kappa shape index (κ1) is 17.7. The number of nitrogens with zero attached hydrogens (tertiary/aromatic N) is 5. The summed E-state index contributed by atoms with van der Waals surface area (Å²) in [5.41, 5.74) is 8.33. The summed E-state index contributed by atoms with van der Waals surface area (Å²) in [5.74, 6) is 1.37. The summed E-state index contributed by atoms with van der Waals surface area (Å²) in [4.78, 5) is 15.6. The minimum atomic E-state index is -0.0986. The monoisotopic (exact) mass is 388 g/mol. The van der Waals surface area contributed by atoms with Gasteiger partial charge in [-0.1, -0.05) is 43.2 Å². The topological polar surface area (TPSA) is 81.5 Å². The van der Waals surface area contributed by atoms with Gasteiger partial charge in [0.1, 0.15) is 0 Å². The number of hydrogen-bond donors (Lipinski definition) is 1. The Morgan fingerprint density at radius 3 is 2.45 bits per heavy atom. The molecule has 1 aliphatic heterocycles. The minimum absolute atomic E-state index is 0.0986. The van der Waals surface area contributed by atoms with Gasteiger partial charge in [-0.3, -0.25) is 9.36 Å². The molecular weight excluding hydrogens is 364 g/mol. The smallest absolute Gasteiger partial charge is 0.263 e. The molecule has 0 bridgehead atoms. The average Bonchev–Trinajstić information content (AvgIpc) is 2.99.